The molecule has 152 valence electrons. The zero-order valence-corrected chi connectivity index (χ0v) is 17.2. The van der Waals surface area contributed by atoms with Gasteiger partial charge in [-0.1, -0.05) is 12.5 Å². The molecular weight excluding hydrogens is 390 g/mol. The molecule has 0 bridgehead atoms. The fraction of sp³-hybridized carbons (Fsp3) is 0.350. The number of anilines is 1. The predicted molar refractivity (Wildman–Crippen MR) is 109 cm³/mol. The Labute approximate surface area is 169 Å². The first-order valence-electron chi connectivity index (χ1n) is 9.60. The standard InChI is InChI=1S/C20H23N5O3S/c1-14-7-8-16(29(27,28)24-10-4-3-5-11-24)13-17(14)22-20(26)18-15(2)23-25-12-6-9-21-19(18)25/h6-9,12-13H,3-5,10-11H2,1-2H3,(H,22,26). The van der Waals surface area contributed by atoms with Crippen LogP contribution in [-0.2, 0) is 10.0 Å². The largest absolute Gasteiger partial charge is 0.322 e. The number of carbonyl (C=O) groups excluding carboxylic acids is 1. The van der Waals surface area contributed by atoms with Crippen molar-refractivity contribution in [1.29, 1.82) is 0 Å². The summed E-state index contributed by atoms with van der Waals surface area (Å²) in [6.45, 7) is 4.64. The second kappa shape index (κ2) is 7.57. The van der Waals surface area contributed by atoms with Crippen LogP contribution in [0, 0.1) is 13.8 Å². The third kappa shape index (κ3) is 3.63. The molecule has 1 fully saturated rings. The summed E-state index contributed by atoms with van der Waals surface area (Å²) in [6, 6.07) is 6.58. The van der Waals surface area contributed by atoms with Gasteiger partial charge in [0.25, 0.3) is 5.91 Å². The number of rotatable bonds is 4. The number of nitrogens with one attached hydrogen (secondary N) is 1. The lowest BCUT2D eigenvalue weighted by molar-refractivity contribution is 0.102. The average molecular weight is 414 g/mol. The number of benzene rings is 1. The zero-order valence-electron chi connectivity index (χ0n) is 16.4. The maximum absolute atomic E-state index is 13.0. The van der Waals surface area contributed by atoms with Crippen LogP contribution in [0.2, 0.25) is 0 Å². The van der Waals surface area contributed by atoms with Crippen LogP contribution in [0.25, 0.3) is 5.65 Å². The van der Waals surface area contributed by atoms with Crippen LogP contribution >= 0.6 is 0 Å². The van der Waals surface area contributed by atoms with Crippen molar-refractivity contribution in [1.82, 2.24) is 18.9 Å². The van der Waals surface area contributed by atoms with Gasteiger partial charge < -0.3 is 5.32 Å². The summed E-state index contributed by atoms with van der Waals surface area (Å²) in [5.74, 6) is -0.369. The number of sulfonamides is 1. The SMILES string of the molecule is Cc1ccc(S(=O)(=O)N2CCCCC2)cc1NC(=O)c1c(C)nn2cccnc12. The molecule has 0 spiro atoms. The summed E-state index contributed by atoms with van der Waals surface area (Å²) in [4.78, 5) is 17.4. The summed E-state index contributed by atoms with van der Waals surface area (Å²) in [7, 11) is -3.58. The van der Waals surface area contributed by atoms with E-state index in [9.17, 15) is 13.2 Å². The van der Waals surface area contributed by atoms with Crippen LogP contribution < -0.4 is 5.32 Å². The third-order valence-corrected chi connectivity index (χ3v) is 7.10. The lowest BCUT2D eigenvalue weighted by Gasteiger charge is -2.26. The number of piperidine rings is 1. The van der Waals surface area contributed by atoms with Gasteiger partial charge >= 0.3 is 0 Å². The highest BCUT2D eigenvalue weighted by Crippen LogP contribution is 2.26. The summed E-state index contributed by atoms with van der Waals surface area (Å²) < 4.78 is 29.0. The minimum Gasteiger partial charge on any atom is -0.322 e. The second-order valence-electron chi connectivity index (χ2n) is 7.24. The maximum atomic E-state index is 13.0. The van der Waals surface area contributed by atoms with E-state index in [2.05, 4.69) is 15.4 Å². The van der Waals surface area contributed by atoms with Crippen molar-refractivity contribution in [3.63, 3.8) is 0 Å². The lowest BCUT2D eigenvalue weighted by Crippen LogP contribution is -2.35. The molecule has 9 heteroatoms. The van der Waals surface area contributed by atoms with E-state index in [1.54, 1.807) is 42.0 Å². The van der Waals surface area contributed by atoms with E-state index >= 15 is 0 Å². The van der Waals surface area contributed by atoms with Crippen molar-refractivity contribution >= 4 is 27.3 Å². The number of amides is 1. The van der Waals surface area contributed by atoms with Crippen molar-refractivity contribution < 1.29 is 13.2 Å². The lowest BCUT2D eigenvalue weighted by atomic mass is 10.1. The number of hydrogen-bond acceptors (Lipinski definition) is 5. The minimum absolute atomic E-state index is 0.190. The van der Waals surface area contributed by atoms with E-state index in [1.165, 1.54) is 10.4 Å². The van der Waals surface area contributed by atoms with Crippen LogP contribution in [0.1, 0.15) is 40.9 Å². The van der Waals surface area contributed by atoms with Crippen LogP contribution in [0.5, 0.6) is 0 Å². The maximum Gasteiger partial charge on any atom is 0.261 e. The Kier molecular flexibility index (Phi) is 5.10. The second-order valence-corrected chi connectivity index (χ2v) is 9.18. The first kappa shape index (κ1) is 19.5. The molecule has 0 radical (unpaired) electrons. The third-order valence-electron chi connectivity index (χ3n) is 5.21. The molecule has 1 saturated heterocycles. The minimum atomic E-state index is -3.58. The molecule has 1 N–H and O–H groups in total. The predicted octanol–water partition coefficient (Wildman–Crippen LogP) is 2.77. The van der Waals surface area contributed by atoms with Gasteiger partial charge in [0.1, 0.15) is 5.56 Å². The smallest absolute Gasteiger partial charge is 0.261 e. The van der Waals surface area contributed by atoms with Gasteiger partial charge in [-0.15, -0.1) is 0 Å². The molecule has 1 aliphatic heterocycles. The van der Waals surface area contributed by atoms with E-state index in [0.717, 1.165) is 24.8 Å². The molecule has 1 aliphatic rings. The Balaban J connectivity index is 1.66. The number of carbonyl (C=O) groups is 1. The van der Waals surface area contributed by atoms with E-state index in [1.807, 2.05) is 6.92 Å². The highest BCUT2D eigenvalue weighted by Gasteiger charge is 2.27. The highest BCUT2D eigenvalue weighted by molar-refractivity contribution is 7.89. The van der Waals surface area contributed by atoms with Gasteiger partial charge in [0.15, 0.2) is 5.65 Å². The van der Waals surface area contributed by atoms with Gasteiger partial charge in [-0.25, -0.2) is 17.9 Å². The molecule has 4 rings (SSSR count). The molecule has 1 amide bonds. The Hall–Kier alpha value is -2.78. The molecule has 3 heterocycles. The first-order valence-corrected chi connectivity index (χ1v) is 11.0. The van der Waals surface area contributed by atoms with E-state index in [0.29, 0.717) is 35.7 Å². The summed E-state index contributed by atoms with van der Waals surface area (Å²) in [5.41, 5.74) is 2.61. The molecule has 8 nitrogen and oxygen atoms in total. The summed E-state index contributed by atoms with van der Waals surface area (Å²) >= 11 is 0. The topological polar surface area (TPSA) is 96.7 Å². The Morgan fingerprint density at radius 2 is 1.90 bits per heavy atom. The normalized spacial score (nSPS) is 15.5. The Bertz CT molecular complexity index is 1180. The number of nitrogens with zero attached hydrogens (tertiary/aromatic N) is 4. The van der Waals surface area contributed by atoms with Gasteiger partial charge in [-0.05, 0) is 50.5 Å². The Morgan fingerprint density at radius 1 is 1.14 bits per heavy atom. The van der Waals surface area contributed by atoms with E-state index in [4.69, 9.17) is 0 Å². The van der Waals surface area contributed by atoms with E-state index in [-0.39, 0.29) is 10.8 Å². The molecule has 0 aliphatic carbocycles. The molecule has 3 aromatic rings. The molecule has 1 aromatic carbocycles. The van der Waals surface area contributed by atoms with Gasteiger partial charge in [0, 0.05) is 31.2 Å². The van der Waals surface area contributed by atoms with Crippen LogP contribution in [0.15, 0.2) is 41.6 Å². The van der Waals surface area contributed by atoms with Crippen molar-refractivity contribution in [2.24, 2.45) is 0 Å². The number of hydrogen-bond donors (Lipinski definition) is 1. The fourth-order valence-corrected chi connectivity index (χ4v) is 5.14. The number of fused-ring (bicyclic) bond motifs is 1. The summed E-state index contributed by atoms with van der Waals surface area (Å²) in [6.07, 6.45) is 6.12. The van der Waals surface area contributed by atoms with Crippen LogP contribution in [0.4, 0.5) is 5.69 Å². The first-order chi connectivity index (χ1) is 13.9. The van der Waals surface area contributed by atoms with Crippen LogP contribution in [0.3, 0.4) is 0 Å². The fourth-order valence-electron chi connectivity index (χ4n) is 3.60. The highest BCUT2D eigenvalue weighted by atomic mass is 32.2. The molecule has 29 heavy (non-hydrogen) atoms. The van der Waals surface area contributed by atoms with Crippen LogP contribution in [-0.4, -0.2) is 46.3 Å². The van der Waals surface area contributed by atoms with Gasteiger partial charge in [-0.2, -0.15) is 9.40 Å². The molecule has 0 saturated carbocycles. The number of aromatic nitrogens is 3. The van der Waals surface area contributed by atoms with E-state index < -0.39 is 10.0 Å². The molecule has 0 unspecified atom stereocenters. The quantitative estimate of drug-likeness (QED) is 0.709. The Morgan fingerprint density at radius 3 is 2.66 bits per heavy atom. The van der Waals surface area contributed by atoms with Gasteiger partial charge in [0.2, 0.25) is 10.0 Å². The van der Waals surface area contributed by atoms with Crippen molar-refractivity contribution in [3.8, 4) is 0 Å². The van der Waals surface area contributed by atoms with Crippen molar-refractivity contribution in [3.05, 3.63) is 53.5 Å². The molecule has 2 aromatic heterocycles. The van der Waals surface area contributed by atoms with Crippen molar-refractivity contribution in [2.75, 3.05) is 18.4 Å². The zero-order chi connectivity index (χ0) is 20.6. The average Bonchev–Trinajstić information content (AvgIpc) is 3.06. The molecule has 0 atom stereocenters. The van der Waals surface area contributed by atoms with Gasteiger partial charge in [-0.3, -0.25) is 4.79 Å². The summed E-state index contributed by atoms with van der Waals surface area (Å²) in [5, 5.41) is 7.15. The van der Waals surface area contributed by atoms with Gasteiger partial charge in [0.05, 0.1) is 10.6 Å². The monoisotopic (exact) mass is 413 g/mol. The van der Waals surface area contributed by atoms with Crippen molar-refractivity contribution in [2.45, 2.75) is 38.0 Å². The number of aryl methyl sites for hydroxylation is 2. The molecular formula is C20H23N5O3S.